The fourth-order valence-corrected chi connectivity index (χ4v) is 2.77. The molecule has 1 aromatic carbocycles. The van der Waals surface area contributed by atoms with Gasteiger partial charge in [-0.3, -0.25) is 14.5 Å². The molecule has 1 fully saturated rings. The van der Waals surface area contributed by atoms with Crippen molar-refractivity contribution in [3.63, 3.8) is 0 Å². The molecule has 0 bridgehead atoms. The molecule has 0 spiro atoms. The first-order valence-corrected chi connectivity index (χ1v) is 7.10. The molecule has 5 nitrogen and oxygen atoms in total. The van der Waals surface area contributed by atoms with Gasteiger partial charge in [0.05, 0.1) is 19.1 Å². The van der Waals surface area contributed by atoms with Crippen LogP contribution in [0.3, 0.4) is 0 Å². The molecule has 5 heteroatoms. The van der Waals surface area contributed by atoms with Crippen molar-refractivity contribution in [2.45, 2.75) is 13.3 Å². The Morgan fingerprint density at radius 3 is 2.86 bits per heavy atom. The van der Waals surface area contributed by atoms with E-state index in [0.29, 0.717) is 24.4 Å². The van der Waals surface area contributed by atoms with Crippen molar-refractivity contribution in [3.8, 4) is 5.75 Å². The Balaban J connectivity index is 1.99. The SMILES string of the molecule is CNC(=O)C1(C)CCN(CC(=O)c2cccc(OC)c2)C1. The first-order chi connectivity index (χ1) is 9.98. The first-order valence-electron chi connectivity index (χ1n) is 7.10. The molecule has 0 radical (unpaired) electrons. The lowest BCUT2D eigenvalue weighted by atomic mass is 9.89. The first kappa shape index (κ1) is 15.5. The van der Waals surface area contributed by atoms with Gasteiger partial charge in [-0.05, 0) is 32.0 Å². The summed E-state index contributed by atoms with van der Waals surface area (Å²) in [4.78, 5) is 26.2. The van der Waals surface area contributed by atoms with E-state index in [1.165, 1.54) is 0 Å². The van der Waals surface area contributed by atoms with Crippen LogP contribution in [0.15, 0.2) is 24.3 Å². The zero-order valence-corrected chi connectivity index (χ0v) is 12.8. The number of Topliss-reactive ketones (excluding diaryl/α,β-unsaturated/α-hetero) is 1. The molecule has 1 heterocycles. The highest BCUT2D eigenvalue weighted by molar-refractivity contribution is 5.98. The van der Waals surface area contributed by atoms with Crippen LogP contribution in [-0.2, 0) is 4.79 Å². The summed E-state index contributed by atoms with van der Waals surface area (Å²) < 4.78 is 5.14. The molecule has 1 amide bonds. The highest BCUT2D eigenvalue weighted by Gasteiger charge is 2.40. The number of carbonyl (C=O) groups is 2. The second kappa shape index (κ2) is 6.26. The molecule has 21 heavy (non-hydrogen) atoms. The normalized spacial score (nSPS) is 22.0. The summed E-state index contributed by atoms with van der Waals surface area (Å²) in [6, 6.07) is 7.16. The fraction of sp³-hybridized carbons (Fsp3) is 0.500. The molecule has 0 saturated carbocycles. The predicted octanol–water partition coefficient (Wildman–Crippen LogP) is 1.34. The highest BCUT2D eigenvalue weighted by Crippen LogP contribution is 2.30. The lowest BCUT2D eigenvalue weighted by Gasteiger charge is -2.22. The van der Waals surface area contributed by atoms with Crippen LogP contribution in [0.25, 0.3) is 0 Å². The van der Waals surface area contributed by atoms with E-state index in [1.54, 1.807) is 26.3 Å². The lowest BCUT2D eigenvalue weighted by molar-refractivity contribution is -0.129. The summed E-state index contributed by atoms with van der Waals surface area (Å²) in [5.41, 5.74) is 0.242. The lowest BCUT2D eigenvalue weighted by Crippen LogP contribution is -2.40. The number of carbonyl (C=O) groups excluding carboxylic acids is 2. The van der Waals surface area contributed by atoms with Crippen molar-refractivity contribution < 1.29 is 14.3 Å². The third kappa shape index (κ3) is 3.42. The largest absolute Gasteiger partial charge is 0.497 e. The van der Waals surface area contributed by atoms with Crippen molar-refractivity contribution in [1.29, 1.82) is 0 Å². The zero-order valence-electron chi connectivity index (χ0n) is 12.8. The van der Waals surface area contributed by atoms with E-state index in [2.05, 4.69) is 5.32 Å². The number of hydrogen-bond donors (Lipinski definition) is 1. The van der Waals surface area contributed by atoms with E-state index < -0.39 is 5.41 Å². The minimum Gasteiger partial charge on any atom is -0.497 e. The molecule has 1 atom stereocenters. The predicted molar refractivity (Wildman–Crippen MR) is 80.6 cm³/mol. The minimum atomic E-state index is -0.399. The number of nitrogens with one attached hydrogen (secondary N) is 1. The number of benzene rings is 1. The quantitative estimate of drug-likeness (QED) is 0.831. The molecule has 1 N–H and O–H groups in total. The average Bonchev–Trinajstić information content (AvgIpc) is 2.88. The van der Waals surface area contributed by atoms with Gasteiger partial charge in [-0.2, -0.15) is 0 Å². The topological polar surface area (TPSA) is 58.6 Å². The van der Waals surface area contributed by atoms with Crippen molar-refractivity contribution in [1.82, 2.24) is 10.2 Å². The molecular formula is C16H22N2O3. The summed E-state index contributed by atoms with van der Waals surface area (Å²) in [6.07, 6.45) is 0.776. The molecular weight excluding hydrogens is 268 g/mol. The van der Waals surface area contributed by atoms with Crippen LogP contribution in [0.1, 0.15) is 23.7 Å². The van der Waals surface area contributed by atoms with E-state index in [-0.39, 0.29) is 11.7 Å². The van der Waals surface area contributed by atoms with E-state index in [0.717, 1.165) is 13.0 Å². The Kier molecular flexibility index (Phi) is 4.63. The fourth-order valence-electron chi connectivity index (χ4n) is 2.77. The van der Waals surface area contributed by atoms with Crippen LogP contribution in [0.4, 0.5) is 0 Å². The van der Waals surface area contributed by atoms with Gasteiger partial charge in [-0.1, -0.05) is 12.1 Å². The maximum absolute atomic E-state index is 12.3. The molecule has 1 saturated heterocycles. The van der Waals surface area contributed by atoms with Crippen LogP contribution < -0.4 is 10.1 Å². The van der Waals surface area contributed by atoms with Crippen molar-refractivity contribution >= 4 is 11.7 Å². The van der Waals surface area contributed by atoms with Crippen LogP contribution >= 0.6 is 0 Å². The maximum atomic E-state index is 12.3. The number of rotatable bonds is 5. The monoisotopic (exact) mass is 290 g/mol. The van der Waals surface area contributed by atoms with Crippen molar-refractivity contribution in [2.75, 3.05) is 33.8 Å². The summed E-state index contributed by atoms with van der Waals surface area (Å²) >= 11 is 0. The molecule has 0 aromatic heterocycles. The molecule has 1 aliphatic rings. The van der Waals surface area contributed by atoms with E-state index >= 15 is 0 Å². The van der Waals surface area contributed by atoms with E-state index in [9.17, 15) is 9.59 Å². The smallest absolute Gasteiger partial charge is 0.227 e. The number of methoxy groups -OCH3 is 1. The Bertz CT molecular complexity index is 544. The standard InChI is InChI=1S/C16H22N2O3/c1-16(15(20)17-2)7-8-18(11-16)10-14(19)12-5-4-6-13(9-12)21-3/h4-6,9H,7-8,10-11H2,1-3H3,(H,17,20). The van der Waals surface area contributed by atoms with Gasteiger partial charge in [0.25, 0.3) is 0 Å². The van der Waals surface area contributed by atoms with Crippen LogP contribution in [0.2, 0.25) is 0 Å². The van der Waals surface area contributed by atoms with Gasteiger partial charge >= 0.3 is 0 Å². The molecule has 0 aliphatic carbocycles. The van der Waals surface area contributed by atoms with Gasteiger partial charge < -0.3 is 10.1 Å². The second-order valence-electron chi connectivity index (χ2n) is 5.76. The summed E-state index contributed by atoms with van der Waals surface area (Å²) in [7, 11) is 3.23. The summed E-state index contributed by atoms with van der Waals surface area (Å²) in [5.74, 6) is 0.770. The van der Waals surface area contributed by atoms with Gasteiger partial charge in [-0.15, -0.1) is 0 Å². The summed E-state index contributed by atoms with van der Waals surface area (Å²) in [6.45, 7) is 3.66. The van der Waals surface area contributed by atoms with E-state index in [1.807, 2.05) is 24.0 Å². The average molecular weight is 290 g/mol. The number of ketones is 1. The van der Waals surface area contributed by atoms with E-state index in [4.69, 9.17) is 4.74 Å². The second-order valence-corrected chi connectivity index (χ2v) is 5.76. The third-order valence-electron chi connectivity index (χ3n) is 4.09. The molecule has 1 unspecified atom stereocenters. The zero-order chi connectivity index (χ0) is 15.5. The highest BCUT2D eigenvalue weighted by atomic mass is 16.5. The Labute approximate surface area is 125 Å². The number of amides is 1. The van der Waals surface area contributed by atoms with Crippen LogP contribution in [0, 0.1) is 5.41 Å². The van der Waals surface area contributed by atoms with Gasteiger partial charge in [-0.25, -0.2) is 0 Å². The molecule has 2 rings (SSSR count). The van der Waals surface area contributed by atoms with Gasteiger partial charge in [0, 0.05) is 19.2 Å². The minimum absolute atomic E-state index is 0.0406. The van der Waals surface area contributed by atoms with Gasteiger partial charge in [0.15, 0.2) is 5.78 Å². The molecule has 114 valence electrons. The Hall–Kier alpha value is -1.88. The maximum Gasteiger partial charge on any atom is 0.227 e. The van der Waals surface area contributed by atoms with Gasteiger partial charge in [0.2, 0.25) is 5.91 Å². The number of ether oxygens (including phenoxy) is 1. The number of likely N-dealkylation sites (tertiary alicyclic amines) is 1. The number of hydrogen-bond acceptors (Lipinski definition) is 4. The summed E-state index contributed by atoms with van der Waals surface area (Å²) in [5, 5.41) is 2.70. The van der Waals surface area contributed by atoms with Crippen LogP contribution in [0.5, 0.6) is 5.75 Å². The van der Waals surface area contributed by atoms with Crippen molar-refractivity contribution in [2.24, 2.45) is 5.41 Å². The Morgan fingerprint density at radius 2 is 2.19 bits per heavy atom. The molecule has 1 aromatic rings. The third-order valence-corrected chi connectivity index (χ3v) is 4.09. The van der Waals surface area contributed by atoms with Crippen LogP contribution in [-0.4, -0.2) is 50.4 Å². The van der Waals surface area contributed by atoms with Crippen molar-refractivity contribution in [3.05, 3.63) is 29.8 Å². The number of nitrogens with zero attached hydrogens (tertiary/aromatic N) is 1. The Morgan fingerprint density at radius 1 is 1.43 bits per heavy atom. The van der Waals surface area contributed by atoms with Gasteiger partial charge in [0.1, 0.15) is 5.75 Å². The molecule has 1 aliphatic heterocycles.